The predicted octanol–water partition coefficient (Wildman–Crippen LogP) is 2.61. The van der Waals surface area contributed by atoms with Crippen molar-refractivity contribution < 1.29 is 19.0 Å². The van der Waals surface area contributed by atoms with Gasteiger partial charge in [0.05, 0.1) is 14.2 Å². The van der Waals surface area contributed by atoms with Gasteiger partial charge in [0, 0.05) is 31.9 Å². The molecule has 0 aliphatic carbocycles. The quantitative estimate of drug-likeness (QED) is 0.390. The summed E-state index contributed by atoms with van der Waals surface area (Å²) in [5.74, 6) is 1.92. The molecule has 0 fully saturated rings. The van der Waals surface area contributed by atoms with Crippen molar-refractivity contribution in [2.75, 3.05) is 39.7 Å². The summed E-state index contributed by atoms with van der Waals surface area (Å²) in [6, 6.07) is 5.52. The van der Waals surface area contributed by atoms with Crippen molar-refractivity contribution in [1.29, 1.82) is 0 Å². The van der Waals surface area contributed by atoms with Gasteiger partial charge in [0.25, 0.3) is 0 Å². The van der Waals surface area contributed by atoms with Crippen LogP contribution in [0.4, 0.5) is 10.5 Å². The van der Waals surface area contributed by atoms with Crippen LogP contribution in [0, 0.1) is 0 Å². The highest BCUT2D eigenvalue weighted by molar-refractivity contribution is 5.93. The number of hydrogen-bond acceptors (Lipinski definition) is 5. The van der Waals surface area contributed by atoms with E-state index >= 15 is 0 Å². The first-order valence-electron chi connectivity index (χ1n) is 8.45. The van der Waals surface area contributed by atoms with Gasteiger partial charge < -0.3 is 30.2 Å². The van der Waals surface area contributed by atoms with Crippen LogP contribution in [0.3, 0.4) is 0 Å². The van der Waals surface area contributed by atoms with Gasteiger partial charge in [0.1, 0.15) is 5.60 Å². The number of hydrogen-bond donors (Lipinski definition) is 3. The Bertz CT molecular complexity index is 612. The van der Waals surface area contributed by atoms with Gasteiger partial charge in [-0.3, -0.25) is 4.99 Å². The third kappa shape index (κ3) is 7.96. The van der Waals surface area contributed by atoms with Crippen molar-refractivity contribution in [3.63, 3.8) is 0 Å². The number of alkyl carbamates (subject to hydrolysis) is 1. The number of ether oxygens (including phenoxy) is 3. The lowest BCUT2D eigenvalue weighted by atomic mass is 10.2. The summed E-state index contributed by atoms with van der Waals surface area (Å²) in [4.78, 5) is 15.7. The highest BCUT2D eigenvalue weighted by Crippen LogP contribution is 2.29. The maximum atomic E-state index is 11.6. The molecular weight excluding hydrogens is 336 g/mol. The number of benzene rings is 1. The molecule has 0 unspecified atom stereocenters. The molecule has 1 aromatic carbocycles. The van der Waals surface area contributed by atoms with Crippen LogP contribution in [-0.4, -0.2) is 52.0 Å². The summed E-state index contributed by atoms with van der Waals surface area (Å²) < 4.78 is 15.7. The topological polar surface area (TPSA) is 93.2 Å². The van der Waals surface area contributed by atoms with Crippen LogP contribution in [0.1, 0.15) is 27.2 Å². The largest absolute Gasteiger partial charge is 0.493 e. The number of guanidine groups is 1. The Kier molecular flexibility index (Phi) is 8.54. The van der Waals surface area contributed by atoms with Crippen molar-refractivity contribution in [2.24, 2.45) is 4.99 Å². The molecule has 3 N–H and O–H groups in total. The SMILES string of the molecule is CN=C(NCCCNC(=O)OC(C)(C)C)Nc1ccc(OC)c(OC)c1. The lowest BCUT2D eigenvalue weighted by Crippen LogP contribution is -2.35. The number of amides is 1. The summed E-state index contributed by atoms with van der Waals surface area (Å²) >= 11 is 0. The second-order valence-electron chi connectivity index (χ2n) is 6.48. The van der Waals surface area contributed by atoms with Crippen LogP contribution in [0.25, 0.3) is 0 Å². The van der Waals surface area contributed by atoms with E-state index in [1.807, 2.05) is 39.0 Å². The first-order chi connectivity index (χ1) is 12.3. The second kappa shape index (κ2) is 10.4. The molecule has 0 atom stereocenters. The zero-order chi connectivity index (χ0) is 19.6. The van der Waals surface area contributed by atoms with E-state index < -0.39 is 11.7 Å². The monoisotopic (exact) mass is 366 g/mol. The van der Waals surface area contributed by atoms with Crippen molar-refractivity contribution in [2.45, 2.75) is 32.8 Å². The molecule has 1 rings (SSSR count). The smallest absolute Gasteiger partial charge is 0.407 e. The van der Waals surface area contributed by atoms with Gasteiger partial charge in [0.15, 0.2) is 17.5 Å². The normalized spacial score (nSPS) is 11.5. The van der Waals surface area contributed by atoms with Crippen LogP contribution >= 0.6 is 0 Å². The fraction of sp³-hybridized carbons (Fsp3) is 0.556. The summed E-state index contributed by atoms with van der Waals surface area (Å²) in [5.41, 5.74) is 0.330. The molecular formula is C18H30N4O4. The summed E-state index contributed by atoms with van der Waals surface area (Å²) in [7, 11) is 4.87. The van der Waals surface area contributed by atoms with E-state index in [4.69, 9.17) is 14.2 Å². The summed E-state index contributed by atoms with van der Waals surface area (Å²) in [6.45, 7) is 6.64. The lowest BCUT2D eigenvalue weighted by molar-refractivity contribution is 0.0527. The van der Waals surface area contributed by atoms with Crippen molar-refractivity contribution in [3.8, 4) is 11.5 Å². The Morgan fingerprint density at radius 2 is 1.73 bits per heavy atom. The number of anilines is 1. The van der Waals surface area contributed by atoms with E-state index in [9.17, 15) is 4.79 Å². The Hall–Kier alpha value is -2.64. The van der Waals surface area contributed by atoms with Gasteiger partial charge in [-0.1, -0.05) is 0 Å². The Balaban J connectivity index is 2.39. The first kappa shape index (κ1) is 21.4. The van der Waals surface area contributed by atoms with E-state index in [0.29, 0.717) is 30.5 Å². The van der Waals surface area contributed by atoms with Gasteiger partial charge in [0.2, 0.25) is 0 Å². The molecule has 0 aliphatic heterocycles. The minimum atomic E-state index is -0.492. The van der Waals surface area contributed by atoms with Crippen molar-refractivity contribution in [3.05, 3.63) is 18.2 Å². The number of nitrogens with one attached hydrogen (secondary N) is 3. The Labute approximate surface area is 155 Å². The maximum Gasteiger partial charge on any atom is 0.407 e. The minimum Gasteiger partial charge on any atom is -0.493 e. The predicted molar refractivity (Wildman–Crippen MR) is 103 cm³/mol. The average Bonchev–Trinajstić information content (AvgIpc) is 2.58. The fourth-order valence-corrected chi connectivity index (χ4v) is 2.03. The van der Waals surface area contributed by atoms with E-state index in [2.05, 4.69) is 20.9 Å². The molecule has 0 aromatic heterocycles. The molecule has 8 nitrogen and oxygen atoms in total. The molecule has 1 amide bonds. The van der Waals surface area contributed by atoms with E-state index in [-0.39, 0.29) is 0 Å². The van der Waals surface area contributed by atoms with E-state index in [0.717, 1.165) is 12.1 Å². The molecule has 0 heterocycles. The van der Waals surface area contributed by atoms with E-state index in [1.165, 1.54) is 0 Å². The van der Waals surface area contributed by atoms with Crippen molar-refractivity contribution >= 4 is 17.7 Å². The molecule has 0 aliphatic rings. The Morgan fingerprint density at radius 1 is 1.08 bits per heavy atom. The van der Waals surface area contributed by atoms with Gasteiger partial charge in [-0.05, 0) is 39.3 Å². The second-order valence-corrected chi connectivity index (χ2v) is 6.48. The third-order valence-electron chi connectivity index (χ3n) is 3.18. The summed E-state index contributed by atoms with van der Waals surface area (Å²) in [6.07, 6.45) is 0.316. The van der Waals surface area contributed by atoms with E-state index in [1.54, 1.807) is 21.3 Å². The van der Waals surface area contributed by atoms with Crippen LogP contribution in [0.2, 0.25) is 0 Å². The third-order valence-corrected chi connectivity index (χ3v) is 3.18. The fourth-order valence-electron chi connectivity index (χ4n) is 2.03. The van der Waals surface area contributed by atoms with Crippen LogP contribution in [0.15, 0.2) is 23.2 Å². The van der Waals surface area contributed by atoms with Gasteiger partial charge in [-0.2, -0.15) is 0 Å². The number of carbonyl (C=O) groups excluding carboxylic acids is 1. The van der Waals surface area contributed by atoms with Crippen LogP contribution < -0.4 is 25.4 Å². The molecule has 26 heavy (non-hydrogen) atoms. The standard InChI is InChI=1S/C18H30N4O4/c1-18(2,3)26-17(23)21-11-7-10-20-16(19-4)22-13-8-9-14(24-5)15(12-13)25-6/h8-9,12H,7,10-11H2,1-6H3,(H,21,23)(H2,19,20,22). The number of aliphatic imine (C=N–C) groups is 1. The lowest BCUT2D eigenvalue weighted by Gasteiger charge is -2.19. The number of nitrogens with zero attached hydrogens (tertiary/aromatic N) is 1. The maximum absolute atomic E-state index is 11.6. The molecule has 0 saturated carbocycles. The van der Waals surface area contributed by atoms with Crippen LogP contribution in [-0.2, 0) is 4.74 Å². The molecule has 1 aromatic rings. The Morgan fingerprint density at radius 3 is 2.31 bits per heavy atom. The minimum absolute atomic E-state index is 0.412. The first-order valence-corrected chi connectivity index (χ1v) is 8.45. The highest BCUT2D eigenvalue weighted by Gasteiger charge is 2.15. The van der Waals surface area contributed by atoms with Gasteiger partial charge >= 0.3 is 6.09 Å². The summed E-state index contributed by atoms with van der Waals surface area (Å²) in [5, 5.41) is 9.07. The van der Waals surface area contributed by atoms with Gasteiger partial charge in [-0.15, -0.1) is 0 Å². The number of rotatable bonds is 7. The molecule has 0 bridgehead atoms. The number of carbonyl (C=O) groups is 1. The molecule has 146 valence electrons. The highest BCUT2D eigenvalue weighted by atomic mass is 16.6. The zero-order valence-corrected chi connectivity index (χ0v) is 16.4. The van der Waals surface area contributed by atoms with Gasteiger partial charge in [-0.25, -0.2) is 4.79 Å². The van der Waals surface area contributed by atoms with Crippen molar-refractivity contribution in [1.82, 2.24) is 10.6 Å². The number of methoxy groups -OCH3 is 2. The molecule has 0 spiro atoms. The molecule has 8 heteroatoms. The zero-order valence-electron chi connectivity index (χ0n) is 16.4. The molecule has 0 radical (unpaired) electrons. The van der Waals surface area contributed by atoms with Crippen LogP contribution in [0.5, 0.6) is 11.5 Å². The average molecular weight is 366 g/mol. The molecule has 0 saturated heterocycles.